The van der Waals surface area contributed by atoms with Gasteiger partial charge in [-0.2, -0.15) is 0 Å². The number of hydrogen-bond acceptors (Lipinski definition) is 5. The average molecular weight is 334 g/mol. The molecule has 1 saturated carbocycles. The van der Waals surface area contributed by atoms with E-state index in [9.17, 15) is 0 Å². The first-order valence-corrected chi connectivity index (χ1v) is 9.02. The standard InChI is InChI=1S/C19H30N2O3/c1-22-16-10-13-12-21(14-8-6-4-5-7-9-14)15(11-20)17(13)19(24-3)18(16)23-2/h10,14-15H,4-9,11-12,20H2,1-3H3. The van der Waals surface area contributed by atoms with Crippen LogP contribution in [-0.2, 0) is 6.54 Å². The molecule has 0 bridgehead atoms. The predicted molar refractivity (Wildman–Crippen MR) is 94.9 cm³/mol. The predicted octanol–water partition coefficient (Wildman–Crippen LogP) is 3.25. The van der Waals surface area contributed by atoms with Gasteiger partial charge >= 0.3 is 0 Å². The van der Waals surface area contributed by atoms with Gasteiger partial charge < -0.3 is 19.9 Å². The summed E-state index contributed by atoms with van der Waals surface area (Å²) in [6.07, 6.45) is 7.88. The molecule has 1 aromatic carbocycles. The van der Waals surface area contributed by atoms with E-state index < -0.39 is 0 Å². The molecule has 1 aliphatic carbocycles. The molecule has 1 atom stereocenters. The van der Waals surface area contributed by atoms with E-state index in [1.807, 2.05) is 0 Å². The first-order chi connectivity index (χ1) is 11.7. The second-order valence-electron chi connectivity index (χ2n) is 6.79. The molecule has 0 spiro atoms. The zero-order valence-electron chi connectivity index (χ0n) is 15.1. The summed E-state index contributed by atoms with van der Waals surface area (Å²) in [6.45, 7) is 1.51. The van der Waals surface area contributed by atoms with Crippen molar-refractivity contribution in [3.05, 3.63) is 17.2 Å². The Bertz CT molecular complexity index is 568. The lowest BCUT2D eigenvalue weighted by molar-refractivity contribution is 0.134. The summed E-state index contributed by atoms with van der Waals surface area (Å²) in [6, 6.07) is 2.89. The van der Waals surface area contributed by atoms with E-state index in [1.165, 1.54) is 49.7 Å². The average Bonchev–Trinajstić information content (AvgIpc) is 2.79. The molecule has 5 heteroatoms. The van der Waals surface area contributed by atoms with Gasteiger partial charge in [0.2, 0.25) is 5.75 Å². The Kier molecular flexibility index (Phi) is 5.51. The molecule has 3 rings (SSSR count). The molecule has 1 aromatic rings. The van der Waals surface area contributed by atoms with Crippen molar-refractivity contribution in [3.63, 3.8) is 0 Å². The van der Waals surface area contributed by atoms with Crippen LogP contribution in [0, 0.1) is 0 Å². The van der Waals surface area contributed by atoms with E-state index >= 15 is 0 Å². The maximum Gasteiger partial charge on any atom is 0.203 e. The molecular formula is C19H30N2O3. The quantitative estimate of drug-likeness (QED) is 0.838. The first kappa shape index (κ1) is 17.4. The minimum atomic E-state index is 0.192. The highest BCUT2D eigenvalue weighted by molar-refractivity contribution is 5.61. The number of ether oxygens (including phenoxy) is 3. The van der Waals surface area contributed by atoms with E-state index in [0.717, 1.165) is 18.0 Å². The van der Waals surface area contributed by atoms with Crippen molar-refractivity contribution in [2.45, 2.75) is 57.2 Å². The molecule has 0 amide bonds. The van der Waals surface area contributed by atoms with Gasteiger partial charge in [0, 0.05) is 24.7 Å². The highest BCUT2D eigenvalue weighted by Crippen LogP contribution is 2.50. The summed E-state index contributed by atoms with van der Waals surface area (Å²) in [4.78, 5) is 2.58. The summed E-state index contributed by atoms with van der Waals surface area (Å²) in [7, 11) is 5.02. The molecule has 0 radical (unpaired) electrons. The minimum absolute atomic E-state index is 0.192. The fourth-order valence-corrected chi connectivity index (χ4v) is 4.42. The highest BCUT2D eigenvalue weighted by Gasteiger charge is 2.38. The van der Waals surface area contributed by atoms with Crippen molar-refractivity contribution in [3.8, 4) is 17.2 Å². The summed E-state index contributed by atoms with van der Waals surface area (Å²) in [5.74, 6) is 2.17. The third-order valence-electron chi connectivity index (χ3n) is 5.56. The van der Waals surface area contributed by atoms with Crippen molar-refractivity contribution in [2.75, 3.05) is 27.9 Å². The molecule has 0 aromatic heterocycles. The van der Waals surface area contributed by atoms with E-state index in [0.29, 0.717) is 18.3 Å². The largest absolute Gasteiger partial charge is 0.493 e. The van der Waals surface area contributed by atoms with Crippen LogP contribution in [0.1, 0.15) is 55.7 Å². The van der Waals surface area contributed by atoms with Gasteiger partial charge in [-0.05, 0) is 24.5 Å². The van der Waals surface area contributed by atoms with Crippen LogP contribution in [0.4, 0.5) is 0 Å². The van der Waals surface area contributed by atoms with Gasteiger partial charge in [0.25, 0.3) is 0 Å². The molecule has 2 aliphatic rings. The van der Waals surface area contributed by atoms with Gasteiger partial charge in [-0.1, -0.05) is 25.7 Å². The van der Waals surface area contributed by atoms with Gasteiger partial charge in [0.05, 0.1) is 27.4 Å². The Hall–Kier alpha value is -1.46. The fraction of sp³-hybridized carbons (Fsp3) is 0.684. The van der Waals surface area contributed by atoms with E-state index in [1.54, 1.807) is 21.3 Å². The first-order valence-electron chi connectivity index (χ1n) is 9.02. The normalized spacial score (nSPS) is 22.1. The summed E-state index contributed by atoms with van der Waals surface area (Å²) < 4.78 is 16.8. The van der Waals surface area contributed by atoms with E-state index in [4.69, 9.17) is 19.9 Å². The Morgan fingerprint density at radius 1 is 1.00 bits per heavy atom. The highest BCUT2D eigenvalue weighted by atomic mass is 16.5. The molecular weight excluding hydrogens is 304 g/mol. The third-order valence-corrected chi connectivity index (χ3v) is 5.56. The van der Waals surface area contributed by atoms with Crippen LogP contribution in [0.3, 0.4) is 0 Å². The molecule has 2 N–H and O–H groups in total. The molecule has 1 heterocycles. The fourth-order valence-electron chi connectivity index (χ4n) is 4.42. The topological polar surface area (TPSA) is 57.0 Å². The molecule has 24 heavy (non-hydrogen) atoms. The van der Waals surface area contributed by atoms with Crippen molar-refractivity contribution in [1.29, 1.82) is 0 Å². The van der Waals surface area contributed by atoms with Gasteiger partial charge in [-0.25, -0.2) is 0 Å². The number of methoxy groups -OCH3 is 3. The van der Waals surface area contributed by atoms with Gasteiger partial charge in [0.1, 0.15) is 0 Å². The lowest BCUT2D eigenvalue weighted by atomic mass is 10.0. The Morgan fingerprint density at radius 2 is 1.67 bits per heavy atom. The number of benzene rings is 1. The van der Waals surface area contributed by atoms with Crippen molar-refractivity contribution < 1.29 is 14.2 Å². The van der Waals surface area contributed by atoms with Crippen molar-refractivity contribution >= 4 is 0 Å². The third kappa shape index (κ3) is 2.95. The lowest BCUT2D eigenvalue weighted by Crippen LogP contribution is -2.36. The van der Waals surface area contributed by atoms with Crippen LogP contribution in [0.5, 0.6) is 17.2 Å². The summed E-state index contributed by atoms with van der Waals surface area (Å²) in [5, 5.41) is 0. The second-order valence-corrected chi connectivity index (χ2v) is 6.79. The van der Waals surface area contributed by atoms with Gasteiger partial charge in [-0.15, -0.1) is 0 Å². The van der Waals surface area contributed by atoms with Gasteiger partial charge in [0.15, 0.2) is 11.5 Å². The van der Waals surface area contributed by atoms with Crippen LogP contribution in [0.15, 0.2) is 6.07 Å². The van der Waals surface area contributed by atoms with Crippen molar-refractivity contribution in [1.82, 2.24) is 4.90 Å². The Labute approximate surface area is 145 Å². The smallest absolute Gasteiger partial charge is 0.203 e. The molecule has 1 fully saturated rings. The molecule has 1 aliphatic heterocycles. The second kappa shape index (κ2) is 7.62. The van der Waals surface area contributed by atoms with Crippen LogP contribution in [0.2, 0.25) is 0 Å². The summed E-state index contributed by atoms with van der Waals surface area (Å²) >= 11 is 0. The number of hydrogen-bond donors (Lipinski definition) is 1. The zero-order chi connectivity index (χ0) is 17.1. The summed E-state index contributed by atoms with van der Waals surface area (Å²) in [5.41, 5.74) is 8.64. The monoisotopic (exact) mass is 334 g/mol. The van der Waals surface area contributed by atoms with Crippen LogP contribution in [-0.4, -0.2) is 38.8 Å². The maximum atomic E-state index is 6.20. The molecule has 0 saturated heterocycles. The molecule has 5 nitrogen and oxygen atoms in total. The number of fused-ring (bicyclic) bond motifs is 1. The van der Waals surface area contributed by atoms with Crippen molar-refractivity contribution in [2.24, 2.45) is 5.73 Å². The lowest BCUT2D eigenvalue weighted by Gasteiger charge is -2.32. The maximum absolute atomic E-state index is 6.20. The van der Waals surface area contributed by atoms with Crippen LogP contribution in [0.25, 0.3) is 0 Å². The van der Waals surface area contributed by atoms with Crippen LogP contribution >= 0.6 is 0 Å². The SMILES string of the molecule is COc1cc2c(c(OC)c1OC)C(CN)N(C1CCCCCC1)C2. The number of nitrogens with zero attached hydrogens (tertiary/aromatic N) is 1. The van der Waals surface area contributed by atoms with Crippen LogP contribution < -0.4 is 19.9 Å². The minimum Gasteiger partial charge on any atom is -0.493 e. The van der Waals surface area contributed by atoms with Gasteiger partial charge in [-0.3, -0.25) is 4.90 Å². The van der Waals surface area contributed by atoms with E-state index in [-0.39, 0.29) is 6.04 Å². The molecule has 134 valence electrons. The Balaban J connectivity index is 2.00. The molecule has 1 unspecified atom stereocenters. The number of nitrogens with two attached hydrogens (primary N) is 1. The van der Waals surface area contributed by atoms with E-state index in [2.05, 4.69) is 11.0 Å². The number of rotatable bonds is 5. The zero-order valence-corrected chi connectivity index (χ0v) is 15.1. The Morgan fingerprint density at radius 3 is 2.21 bits per heavy atom.